The molecule has 94 valence electrons. The van der Waals surface area contributed by atoms with Crippen LogP contribution in [0.5, 0.6) is 0 Å². The molecule has 2 unspecified atom stereocenters. The SMILES string of the molecule is CCCC1CC(Nc2cccnc2Br)CCO1. The maximum Gasteiger partial charge on any atom is 0.129 e. The molecule has 1 aliphatic heterocycles. The number of pyridine rings is 1. The van der Waals surface area contributed by atoms with Crippen LogP contribution in [0.3, 0.4) is 0 Å². The van der Waals surface area contributed by atoms with Gasteiger partial charge in [-0.3, -0.25) is 0 Å². The lowest BCUT2D eigenvalue weighted by Gasteiger charge is -2.30. The molecule has 0 spiro atoms. The molecule has 0 bridgehead atoms. The smallest absolute Gasteiger partial charge is 0.129 e. The van der Waals surface area contributed by atoms with Gasteiger partial charge in [0, 0.05) is 18.8 Å². The summed E-state index contributed by atoms with van der Waals surface area (Å²) < 4.78 is 6.64. The van der Waals surface area contributed by atoms with Crippen molar-refractivity contribution in [2.24, 2.45) is 0 Å². The van der Waals surface area contributed by atoms with Crippen LogP contribution >= 0.6 is 15.9 Å². The van der Waals surface area contributed by atoms with Crippen LogP contribution in [0, 0.1) is 0 Å². The Morgan fingerprint density at radius 1 is 1.59 bits per heavy atom. The summed E-state index contributed by atoms with van der Waals surface area (Å²) in [6.07, 6.45) is 6.72. The number of ether oxygens (including phenoxy) is 1. The monoisotopic (exact) mass is 298 g/mol. The first-order chi connectivity index (χ1) is 8.29. The van der Waals surface area contributed by atoms with E-state index < -0.39 is 0 Å². The van der Waals surface area contributed by atoms with E-state index in [1.54, 1.807) is 6.20 Å². The summed E-state index contributed by atoms with van der Waals surface area (Å²) in [7, 11) is 0. The lowest BCUT2D eigenvalue weighted by atomic mass is 10.00. The number of rotatable bonds is 4. The number of anilines is 1. The molecule has 3 nitrogen and oxygen atoms in total. The van der Waals surface area contributed by atoms with Gasteiger partial charge < -0.3 is 10.1 Å². The molecule has 2 rings (SSSR count). The van der Waals surface area contributed by atoms with Gasteiger partial charge in [0.15, 0.2) is 0 Å². The van der Waals surface area contributed by atoms with Crippen molar-refractivity contribution in [3.05, 3.63) is 22.9 Å². The van der Waals surface area contributed by atoms with Gasteiger partial charge in [-0.25, -0.2) is 4.98 Å². The summed E-state index contributed by atoms with van der Waals surface area (Å²) in [6, 6.07) is 4.51. The van der Waals surface area contributed by atoms with Crippen LogP contribution in [0.2, 0.25) is 0 Å². The van der Waals surface area contributed by atoms with Crippen LogP contribution < -0.4 is 5.32 Å². The Labute approximate surface area is 111 Å². The van der Waals surface area contributed by atoms with Gasteiger partial charge >= 0.3 is 0 Å². The van der Waals surface area contributed by atoms with Crippen molar-refractivity contribution in [3.63, 3.8) is 0 Å². The summed E-state index contributed by atoms with van der Waals surface area (Å²) in [5.41, 5.74) is 1.08. The van der Waals surface area contributed by atoms with E-state index in [1.807, 2.05) is 6.07 Å². The predicted molar refractivity (Wildman–Crippen MR) is 73.2 cm³/mol. The molecule has 17 heavy (non-hydrogen) atoms. The van der Waals surface area contributed by atoms with Gasteiger partial charge in [0.25, 0.3) is 0 Å². The number of hydrogen-bond acceptors (Lipinski definition) is 3. The molecule has 0 amide bonds. The molecule has 0 aromatic carbocycles. The molecule has 1 aromatic rings. The van der Waals surface area contributed by atoms with Crippen LogP contribution in [-0.2, 0) is 4.74 Å². The molecule has 1 aliphatic rings. The maximum absolute atomic E-state index is 5.75. The Bertz CT molecular complexity index is 357. The summed E-state index contributed by atoms with van der Waals surface area (Å²) in [4.78, 5) is 4.22. The first-order valence-corrected chi connectivity index (χ1v) is 7.07. The molecule has 4 heteroatoms. The first kappa shape index (κ1) is 12.8. The van der Waals surface area contributed by atoms with E-state index in [0.29, 0.717) is 12.1 Å². The molecule has 0 saturated carbocycles. The van der Waals surface area contributed by atoms with E-state index in [0.717, 1.165) is 36.2 Å². The zero-order chi connectivity index (χ0) is 12.1. The average Bonchev–Trinajstić information content (AvgIpc) is 2.33. The lowest BCUT2D eigenvalue weighted by molar-refractivity contribution is 0.00596. The van der Waals surface area contributed by atoms with Crippen LogP contribution in [-0.4, -0.2) is 23.7 Å². The van der Waals surface area contributed by atoms with E-state index in [9.17, 15) is 0 Å². The summed E-state index contributed by atoms with van der Waals surface area (Å²) in [6.45, 7) is 3.07. The quantitative estimate of drug-likeness (QED) is 0.863. The third-order valence-corrected chi connectivity index (χ3v) is 3.73. The van der Waals surface area contributed by atoms with Crippen molar-refractivity contribution in [2.45, 2.75) is 44.8 Å². The highest BCUT2D eigenvalue weighted by molar-refractivity contribution is 9.10. The fourth-order valence-corrected chi connectivity index (χ4v) is 2.61. The Morgan fingerprint density at radius 3 is 3.24 bits per heavy atom. The van der Waals surface area contributed by atoms with Crippen LogP contribution in [0.1, 0.15) is 32.6 Å². The molecule has 0 radical (unpaired) electrons. The minimum atomic E-state index is 0.418. The number of aromatic nitrogens is 1. The molecular formula is C13H19BrN2O. The average molecular weight is 299 g/mol. The number of nitrogens with one attached hydrogen (secondary N) is 1. The number of nitrogens with zero attached hydrogens (tertiary/aromatic N) is 1. The van der Waals surface area contributed by atoms with Gasteiger partial charge in [-0.2, -0.15) is 0 Å². The summed E-state index contributed by atoms with van der Waals surface area (Å²) in [5.74, 6) is 0. The second-order valence-corrected chi connectivity index (χ2v) is 5.24. The van der Waals surface area contributed by atoms with Crippen LogP contribution in [0.25, 0.3) is 0 Å². The van der Waals surface area contributed by atoms with E-state index in [2.05, 4.69) is 39.2 Å². The summed E-state index contributed by atoms with van der Waals surface area (Å²) in [5, 5.41) is 3.55. The number of hydrogen-bond donors (Lipinski definition) is 1. The molecule has 1 N–H and O–H groups in total. The van der Waals surface area contributed by atoms with Gasteiger partial charge in [-0.1, -0.05) is 13.3 Å². The Morgan fingerprint density at radius 2 is 2.47 bits per heavy atom. The van der Waals surface area contributed by atoms with E-state index in [4.69, 9.17) is 4.74 Å². The Kier molecular flexibility index (Phi) is 4.80. The van der Waals surface area contributed by atoms with Gasteiger partial charge in [0.1, 0.15) is 4.60 Å². The van der Waals surface area contributed by atoms with Crippen LogP contribution in [0.15, 0.2) is 22.9 Å². The molecule has 1 aromatic heterocycles. The first-order valence-electron chi connectivity index (χ1n) is 6.28. The largest absolute Gasteiger partial charge is 0.380 e. The minimum absolute atomic E-state index is 0.418. The highest BCUT2D eigenvalue weighted by Crippen LogP contribution is 2.24. The van der Waals surface area contributed by atoms with E-state index >= 15 is 0 Å². The third kappa shape index (κ3) is 3.68. The standard InChI is InChI=1S/C13H19BrN2O/c1-2-4-11-9-10(6-8-17-11)16-12-5-3-7-15-13(12)14/h3,5,7,10-11,16H,2,4,6,8-9H2,1H3. The predicted octanol–water partition coefficient (Wildman–Crippen LogP) is 3.60. The van der Waals surface area contributed by atoms with Crippen molar-refractivity contribution in [3.8, 4) is 0 Å². The second kappa shape index (κ2) is 6.36. The van der Waals surface area contributed by atoms with Crippen molar-refractivity contribution < 1.29 is 4.74 Å². The molecule has 2 heterocycles. The molecular weight excluding hydrogens is 280 g/mol. The van der Waals surface area contributed by atoms with Gasteiger partial charge in [0.05, 0.1) is 11.8 Å². The molecule has 0 aliphatic carbocycles. The highest BCUT2D eigenvalue weighted by atomic mass is 79.9. The molecule has 1 fully saturated rings. The molecule has 1 saturated heterocycles. The van der Waals surface area contributed by atoms with Gasteiger partial charge in [0.2, 0.25) is 0 Å². The van der Waals surface area contributed by atoms with Crippen molar-refractivity contribution in [1.29, 1.82) is 0 Å². The number of halogens is 1. The van der Waals surface area contributed by atoms with E-state index in [-0.39, 0.29) is 0 Å². The van der Waals surface area contributed by atoms with Gasteiger partial charge in [-0.15, -0.1) is 0 Å². The Hall–Kier alpha value is -0.610. The van der Waals surface area contributed by atoms with Crippen molar-refractivity contribution >= 4 is 21.6 Å². The second-order valence-electron chi connectivity index (χ2n) is 4.49. The molecule has 2 atom stereocenters. The van der Waals surface area contributed by atoms with Crippen molar-refractivity contribution in [2.75, 3.05) is 11.9 Å². The fourth-order valence-electron chi connectivity index (χ4n) is 2.25. The third-order valence-electron chi connectivity index (χ3n) is 3.10. The normalized spacial score (nSPS) is 24.6. The van der Waals surface area contributed by atoms with Crippen molar-refractivity contribution in [1.82, 2.24) is 4.98 Å². The van der Waals surface area contributed by atoms with Gasteiger partial charge in [-0.05, 0) is 47.3 Å². The van der Waals surface area contributed by atoms with E-state index in [1.165, 1.54) is 6.42 Å². The zero-order valence-corrected chi connectivity index (χ0v) is 11.7. The zero-order valence-electron chi connectivity index (χ0n) is 10.2. The van der Waals surface area contributed by atoms with Crippen LogP contribution in [0.4, 0.5) is 5.69 Å². The fraction of sp³-hybridized carbons (Fsp3) is 0.615. The highest BCUT2D eigenvalue weighted by Gasteiger charge is 2.22. The summed E-state index contributed by atoms with van der Waals surface area (Å²) >= 11 is 3.46. The topological polar surface area (TPSA) is 34.2 Å². The minimum Gasteiger partial charge on any atom is -0.380 e. The maximum atomic E-state index is 5.75. The Balaban J connectivity index is 1.92. The lowest BCUT2D eigenvalue weighted by Crippen LogP contribution is -2.34.